The number of hydrogen-bond donors (Lipinski definition) is 1. The van der Waals surface area contributed by atoms with Gasteiger partial charge in [0.2, 0.25) is 6.79 Å². The Hall–Kier alpha value is -3.55. The molecule has 0 bridgehead atoms. The molecule has 0 radical (unpaired) electrons. The Morgan fingerprint density at radius 3 is 2.89 bits per heavy atom. The average Bonchev–Trinajstić information content (AvgIpc) is 3.34. The number of rotatable bonds is 3. The van der Waals surface area contributed by atoms with Crippen molar-refractivity contribution in [1.82, 2.24) is 19.6 Å². The number of hydrogen-bond acceptors (Lipinski definition) is 5. The second-order valence-electron chi connectivity index (χ2n) is 6.71. The van der Waals surface area contributed by atoms with Crippen LogP contribution in [0.5, 0.6) is 11.5 Å². The second-order valence-corrected chi connectivity index (χ2v) is 6.71. The van der Waals surface area contributed by atoms with Crippen LogP contribution >= 0.6 is 0 Å². The van der Waals surface area contributed by atoms with Gasteiger partial charge in [0, 0.05) is 12.4 Å². The Labute approximate surface area is 154 Å². The smallest absolute Gasteiger partial charge is 0.325 e. The molecular weight excluding hydrogens is 348 g/mol. The number of benzene rings is 1. The van der Waals surface area contributed by atoms with E-state index in [9.17, 15) is 9.59 Å². The molecular formula is C19H16N4O4. The molecule has 27 heavy (non-hydrogen) atoms. The van der Waals surface area contributed by atoms with Crippen LogP contribution in [-0.2, 0) is 16.9 Å². The number of aromatic nitrogens is 2. The standard InChI is InChI=1S/C19H16N4O4/c1-19(12-5-6-14-15(8-12)27-11-26-14)17(24)23(18(25)21-19)10-13-9-22-7-3-2-4-16(22)20-13/h2-9H,10-11H2,1H3,(H,21,25)/t19-/m0/s1. The molecule has 2 aromatic heterocycles. The highest BCUT2D eigenvalue weighted by Crippen LogP contribution is 2.38. The third-order valence-corrected chi connectivity index (χ3v) is 4.96. The summed E-state index contributed by atoms with van der Waals surface area (Å²) < 4.78 is 12.6. The lowest BCUT2D eigenvalue weighted by molar-refractivity contribution is -0.131. The molecule has 1 saturated heterocycles. The Bertz CT molecular complexity index is 1060. The molecule has 5 rings (SSSR count). The van der Waals surface area contributed by atoms with Crippen molar-refractivity contribution >= 4 is 17.6 Å². The molecule has 1 aromatic carbocycles. The molecule has 3 aromatic rings. The molecule has 0 saturated carbocycles. The van der Waals surface area contributed by atoms with E-state index in [0.717, 1.165) is 5.65 Å². The molecule has 8 nitrogen and oxygen atoms in total. The van der Waals surface area contributed by atoms with E-state index in [1.165, 1.54) is 4.90 Å². The number of pyridine rings is 1. The first kappa shape index (κ1) is 15.7. The molecule has 8 heteroatoms. The van der Waals surface area contributed by atoms with Crippen molar-refractivity contribution in [2.75, 3.05) is 6.79 Å². The second kappa shape index (κ2) is 5.47. The zero-order valence-corrected chi connectivity index (χ0v) is 14.5. The number of carbonyl (C=O) groups excluding carboxylic acids is 2. The largest absolute Gasteiger partial charge is 0.454 e. The monoisotopic (exact) mass is 364 g/mol. The summed E-state index contributed by atoms with van der Waals surface area (Å²) in [5.41, 5.74) is 0.873. The summed E-state index contributed by atoms with van der Waals surface area (Å²) in [5, 5.41) is 2.80. The minimum Gasteiger partial charge on any atom is -0.454 e. The highest BCUT2D eigenvalue weighted by Gasteiger charge is 2.49. The fourth-order valence-corrected chi connectivity index (χ4v) is 3.47. The summed E-state index contributed by atoms with van der Waals surface area (Å²) in [6.07, 6.45) is 3.68. The molecule has 0 aliphatic carbocycles. The normalized spacial score (nSPS) is 21.1. The number of carbonyl (C=O) groups is 2. The zero-order chi connectivity index (χ0) is 18.6. The van der Waals surface area contributed by atoms with Gasteiger partial charge < -0.3 is 19.2 Å². The summed E-state index contributed by atoms with van der Waals surface area (Å²) >= 11 is 0. The van der Waals surface area contributed by atoms with E-state index >= 15 is 0 Å². The Morgan fingerprint density at radius 2 is 2.04 bits per heavy atom. The van der Waals surface area contributed by atoms with Crippen molar-refractivity contribution in [3.05, 3.63) is 60.0 Å². The minimum absolute atomic E-state index is 0.104. The molecule has 1 N–H and O–H groups in total. The zero-order valence-electron chi connectivity index (χ0n) is 14.5. The van der Waals surface area contributed by atoms with Crippen LogP contribution in [0.3, 0.4) is 0 Å². The first-order chi connectivity index (χ1) is 13.0. The highest BCUT2D eigenvalue weighted by molar-refractivity contribution is 6.07. The fraction of sp³-hybridized carbons (Fsp3) is 0.211. The fourth-order valence-electron chi connectivity index (χ4n) is 3.47. The first-order valence-electron chi connectivity index (χ1n) is 8.51. The predicted molar refractivity (Wildman–Crippen MR) is 94.2 cm³/mol. The van der Waals surface area contributed by atoms with Crippen molar-refractivity contribution in [3.8, 4) is 11.5 Å². The number of ether oxygens (including phenoxy) is 2. The maximum atomic E-state index is 13.1. The van der Waals surface area contributed by atoms with E-state index in [-0.39, 0.29) is 19.2 Å². The number of amides is 3. The van der Waals surface area contributed by atoms with Crippen molar-refractivity contribution in [1.29, 1.82) is 0 Å². The van der Waals surface area contributed by atoms with Gasteiger partial charge in [-0.2, -0.15) is 0 Å². The number of nitrogens with one attached hydrogen (secondary N) is 1. The summed E-state index contributed by atoms with van der Waals surface area (Å²) in [6.45, 7) is 1.94. The van der Waals surface area contributed by atoms with E-state index in [2.05, 4.69) is 10.3 Å². The molecule has 136 valence electrons. The van der Waals surface area contributed by atoms with Gasteiger partial charge in [0.25, 0.3) is 5.91 Å². The number of urea groups is 1. The SMILES string of the molecule is C[C@@]1(c2ccc3c(c2)OCO3)NC(=O)N(Cc2cn3ccccc3n2)C1=O. The number of fused-ring (bicyclic) bond motifs is 2. The molecule has 1 fully saturated rings. The van der Waals surface area contributed by atoms with Crippen LogP contribution < -0.4 is 14.8 Å². The molecule has 0 unspecified atom stereocenters. The van der Waals surface area contributed by atoms with E-state index < -0.39 is 11.6 Å². The summed E-state index contributed by atoms with van der Waals surface area (Å²) in [4.78, 5) is 31.3. The summed E-state index contributed by atoms with van der Waals surface area (Å²) in [6, 6.07) is 10.4. The molecule has 3 amide bonds. The lowest BCUT2D eigenvalue weighted by atomic mass is 9.91. The molecule has 2 aliphatic rings. The quantitative estimate of drug-likeness (QED) is 0.719. The van der Waals surface area contributed by atoms with E-state index in [4.69, 9.17) is 9.47 Å². The van der Waals surface area contributed by atoms with Gasteiger partial charge in [-0.15, -0.1) is 0 Å². The maximum Gasteiger partial charge on any atom is 0.325 e. The van der Waals surface area contributed by atoms with Gasteiger partial charge in [0.1, 0.15) is 11.2 Å². The molecule has 2 aliphatic heterocycles. The Balaban J connectivity index is 1.45. The van der Waals surface area contributed by atoms with Gasteiger partial charge >= 0.3 is 6.03 Å². The van der Waals surface area contributed by atoms with Crippen LogP contribution in [0.4, 0.5) is 4.79 Å². The van der Waals surface area contributed by atoms with Crippen LogP contribution in [0.2, 0.25) is 0 Å². The third-order valence-electron chi connectivity index (χ3n) is 4.96. The van der Waals surface area contributed by atoms with Crippen molar-refractivity contribution in [2.45, 2.75) is 19.0 Å². The van der Waals surface area contributed by atoms with Crippen LogP contribution in [-0.4, -0.2) is 33.0 Å². The topological polar surface area (TPSA) is 85.2 Å². The van der Waals surface area contributed by atoms with Crippen LogP contribution in [0, 0.1) is 0 Å². The van der Waals surface area contributed by atoms with Crippen molar-refractivity contribution in [2.24, 2.45) is 0 Å². The Kier molecular flexibility index (Phi) is 3.18. The van der Waals surface area contributed by atoms with Gasteiger partial charge in [0.05, 0.1) is 12.2 Å². The van der Waals surface area contributed by atoms with Gasteiger partial charge in [0.15, 0.2) is 11.5 Å². The van der Waals surface area contributed by atoms with Crippen LogP contribution in [0.15, 0.2) is 48.8 Å². The minimum atomic E-state index is -1.17. The molecule has 1 atom stereocenters. The van der Waals surface area contributed by atoms with Gasteiger partial charge in [-0.05, 0) is 36.8 Å². The Morgan fingerprint density at radius 1 is 1.19 bits per heavy atom. The summed E-state index contributed by atoms with van der Waals surface area (Å²) in [5.74, 6) is 0.860. The summed E-state index contributed by atoms with van der Waals surface area (Å²) in [7, 11) is 0. The lowest BCUT2D eigenvalue weighted by Gasteiger charge is -2.22. The third kappa shape index (κ3) is 2.33. The number of imidazole rings is 1. The first-order valence-corrected chi connectivity index (χ1v) is 8.51. The van der Waals surface area contributed by atoms with Gasteiger partial charge in [-0.1, -0.05) is 12.1 Å². The van der Waals surface area contributed by atoms with E-state index in [1.807, 2.05) is 35.0 Å². The van der Waals surface area contributed by atoms with Crippen molar-refractivity contribution < 1.29 is 19.1 Å². The predicted octanol–water partition coefficient (Wildman–Crippen LogP) is 2.03. The van der Waals surface area contributed by atoms with E-state index in [0.29, 0.717) is 22.8 Å². The molecule has 4 heterocycles. The number of imide groups is 1. The van der Waals surface area contributed by atoms with Crippen LogP contribution in [0.25, 0.3) is 5.65 Å². The van der Waals surface area contributed by atoms with E-state index in [1.54, 1.807) is 25.1 Å². The highest BCUT2D eigenvalue weighted by atomic mass is 16.7. The van der Waals surface area contributed by atoms with Gasteiger partial charge in [-0.25, -0.2) is 9.78 Å². The molecule has 0 spiro atoms. The van der Waals surface area contributed by atoms with Gasteiger partial charge in [-0.3, -0.25) is 9.69 Å². The average molecular weight is 364 g/mol. The maximum absolute atomic E-state index is 13.1. The van der Waals surface area contributed by atoms with Crippen LogP contribution in [0.1, 0.15) is 18.2 Å². The van der Waals surface area contributed by atoms with Crippen molar-refractivity contribution in [3.63, 3.8) is 0 Å². The number of nitrogens with zero attached hydrogens (tertiary/aromatic N) is 3. The lowest BCUT2D eigenvalue weighted by Crippen LogP contribution is -2.40.